The maximum absolute atomic E-state index is 7.50. The van der Waals surface area contributed by atoms with Crippen LogP contribution in [0.2, 0.25) is 5.02 Å². The first-order chi connectivity index (χ1) is 6.41. The molecule has 12 heavy (non-hydrogen) atoms. The van der Waals surface area contributed by atoms with Gasteiger partial charge >= 0.3 is 0 Å². The van der Waals surface area contributed by atoms with Crippen molar-refractivity contribution in [2.45, 2.75) is 6.42 Å². The Morgan fingerprint density at radius 2 is 2.50 bits per heavy atom. The van der Waals surface area contributed by atoms with Crippen LogP contribution in [0.3, 0.4) is 0 Å². The molecule has 1 nitrogen and oxygen atoms in total. The van der Waals surface area contributed by atoms with Gasteiger partial charge in [-0.15, -0.1) is 0 Å². The van der Waals surface area contributed by atoms with Gasteiger partial charge in [-0.3, -0.25) is 0 Å². The fourth-order valence-corrected chi connectivity index (χ4v) is 2.93. The summed E-state index contributed by atoms with van der Waals surface area (Å²) >= 11 is 11.5. The smallest absolute Gasteiger partial charge is 0.137 e. The van der Waals surface area contributed by atoms with Gasteiger partial charge in [0, 0.05) is 16.5 Å². The van der Waals surface area contributed by atoms with E-state index in [0.717, 1.165) is 13.6 Å². The van der Waals surface area contributed by atoms with Crippen molar-refractivity contribution in [3.63, 3.8) is 0 Å². The summed E-state index contributed by atoms with van der Waals surface area (Å²) in [5, 5.41) is 0.543. The Morgan fingerprint density at radius 1 is 1.75 bits per heavy atom. The van der Waals surface area contributed by atoms with E-state index in [-0.39, 0.29) is 6.42 Å². The van der Waals surface area contributed by atoms with E-state index in [4.69, 9.17) is 19.1 Å². The number of benzene rings is 1. The summed E-state index contributed by atoms with van der Waals surface area (Å²) in [5.74, 6) is 0.573. The summed E-state index contributed by atoms with van der Waals surface area (Å²) in [4.78, 5) is 0. The molecule has 1 heterocycles. The lowest BCUT2D eigenvalue weighted by molar-refractivity contribution is 0.354. The van der Waals surface area contributed by atoms with Crippen LogP contribution in [-0.4, -0.2) is 6.56 Å². The molecule has 0 bridgehead atoms. The van der Waals surface area contributed by atoms with E-state index >= 15 is 0 Å². The maximum Gasteiger partial charge on any atom is 0.137 e. The molecular weight excluding hydrogens is 354 g/mol. The molecule has 0 amide bonds. The highest BCUT2D eigenvalue weighted by molar-refractivity contribution is 14.1. The van der Waals surface area contributed by atoms with Crippen molar-refractivity contribution in [2.24, 2.45) is 0 Å². The van der Waals surface area contributed by atoms with Crippen LogP contribution in [0.15, 0.2) is 10.5 Å². The average molecular weight is 361 g/mol. The normalized spacial score (nSPS) is 20.9. The molecule has 0 saturated heterocycles. The van der Waals surface area contributed by atoms with Crippen molar-refractivity contribution in [1.29, 1.82) is 0 Å². The first kappa shape index (κ1) is 6.90. The van der Waals surface area contributed by atoms with E-state index < -0.39 is 6.56 Å². The monoisotopic (exact) mass is 360 g/mol. The van der Waals surface area contributed by atoms with Gasteiger partial charge in [0.15, 0.2) is 0 Å². The first-order valence-corrected chi connectivity index (χ1v) is 5.51. The van der Waals surface area contributed by atoms with E-state index in [2.05, 4.69) is 38.5 Å². The molecule has 0 N–H and O–H groups in total. The van der Waals surface area contributed by atoms with Crippen molar-refractivity contribution in [3.8, 4) is 5.75 Å². The number of hydrogen-bond acceptors (Lipinski definition) is 1. The lowest BCUT2D eigenvalue weighted by Crippen LogP contribution is -1.87. The molecule has 0 aliphatic carbocycles. The van der Waals surface area contributed by atoms with Crippen molar-refractivity contribution in [2.75, 3.05) is 6.56 Å². The minimum Gasteiger partial charge on any atom is -0.492 e. The molecule has 0 aromatic heterocycles. The molecular formula is C8H5BrClIO. The van der Waals surface area contributed by atoms with Gasteiger partial charge < -0.3 is 4.74 Å². The molecule has 0 spiro atoms. The van der Waals surface area contributed by atoms with E-state index in [1.807, 2.05) is 6.07 Å². The summed E-state index contributed by atoms with van der Waals surface area (Å²) in [6.07, 6.45) is 0.205. The molecule has 0 atom stereocenters. The van der Waals surface area contributed by atoms with Crippen molar-refractivity contribution in [3.05, 3.63) is 24.7 Å². The molecule has 0 unspecified atom stereocenters. The number of rotatable bonds is 0. The number of hydrogen-bond donors (Lipinski definition) is 0. The van der Waals surface area contributed by atoms with Gasteiger partial charge in [-0.25, -0.2) is 0 Å². The predicted octanol–water partition coefficient (Wildman–Crippen LogP) is 3.64. The summed E-state index contributed by atoms with van der Waals surface area (Å²) in [6.45, 7) is -1.63. The van der Waals surface area contributed by atoms with Crippen LogP contribution in [0, 0.1) is 3.57 Å². The molecule has 1 aromatic rings. The zero-order valence-corrected chi connectivity index (χ0v) is 10.3. The van der Waals surface area contributed by atoms with Gasteiger partial charge in [-0.1, -0.05) is 11.6 Å². The standard InChI is InChI=1S/C8H5BrClIO/c9-5-3-6(11)8-4(7(5)10)1-2-12-8/h3H,1-2H2/i2D2. The predicted molar refractivity (Wildman–Crippen MR) is 61.1 cm³/mol. The summed E-state index contributed by atoms with van der Waals surface area (Å²) in [5.41, 5.74) is 0.746. The minimum absolute atomic E-state index is 0.205. The van der Waals surface area contributed by atoms with Gasteiger partial charge in [-0.05, 0) is 44.6 Å². The quantitative estimate of drug-likeness (QED) is 0.506. The summed E-state index contributed by atoms with van der Waals surface area (Å²) < 4.78 is 21.8. The molecule has 0 radical (unpaired) electrons. The molecule has 4 heteroatoms. The second kappa shape index (κ2) is 3.35. The first-order valence-electron chi connectivity index (χ1n) is 4.26. The topological polar surface area (TPSA) is 9.23 Å². The van der Waals surface area contributed by atoms with Crippen LogP contribution in [0.25, 0.3) is 0 Å². The van der Waals surface area contributed by atoms with E-state index in [0.29, 0.717) is 10.8 Å². The highest BCUT2D eigenvalue weighted by Crippen LogP contribution is 2.40. The third-order valence-corrected chi connectivity index (χ3v) is 3.73. The third kappa shape index (κ3) is 1.36. The largest absolute Gasteiger partial charge is 0.492 e. The number of ether oxygens (including phenoxy) is 1. The SMILES string of the molecule is [2H]C1([2H])Cc2c(Cl)c(Br)cc(I)c2O1. The average Bonchev–Trinajstić information content (AvgIpc) is 2.38. The second-order valence-electron chi connectivity index (χ2n) is 2.39. The number of halogens is 3. The van der Waals surface area contributed by atoms with E-state index in [1.54, 1.807) is 0 Å². The number of fused-ring (bicyclic) bond motifs is 1. The van der Waals surface area contributed by atoms with Crippen LogP contribution in [-0.2, 0) is 6.42 Å². The summed E-state index contributed by atoms with van der Waals surface area (Å²) in [6, 6.07) is 1.82. The Hall–Kier alpha value is 0.520. The Morgan fingerprint density at radius 3 is 3.25 bits per heavy atom. The highest BCUT2D eigenvalue weighted by Gasteiger charge is 2.20. The van der Waals surface area contributed by atoms with E-state index in [9.17, 15) is 0 Å². The van der Waals surface area contributed by atoms with Crippen LogP contribution in [0.1, 0.15) is 8.30 Å². The van der Waals surface area contributed by atoms with Crippen molar-refractivity contribution < 1.29 is 7.48 Å². The van der Waals surface area contributed by atoms with Gasteiger partial charge in [0.25, 0.3) is 0 Å². The molecule has 64 valence electrons. The zero-order valence-electron chi connectivity index (χ0n) is 7.83. The van der Waals surface area contributed by atoms with Gasteiger partial charge in [0.1, 0.15) is 5.75 Å². The van der Waals surface area contributed by atoms with Crippen LogP contribution in [0.5, 0.6) is 5.75 Å². The van der Waals surface area contributed by atoms with Crippen LogP contribution >= 0.6 is 50.1 Å². The lowest BCUT2D eigenvalue weighted by atomic mass is 10.2. The van der Waals surface area contributed by atoms with Crippen LogP contribution in [0.4, 0.5) is 0 Å². The van der Waals surface area contributed by atoms with Gasteiger partial charge in [-0.2, -0.15) is 0 Å². The lowest BCUT2D eigenvalue weighted by Gasteiger charge is -2.05. The fraction of sp³-hybridized carbons (Fsp3) is 0.250. The Bertz CT molecular complexity index is 411. The Balaban J connectivity index is 2.61. The minimum atomic E-state index is -1.63. The fourth-order valence-electron chi connectivity index (χ4n) is 1.08. The Kier molecular flexibility index (Phi) is 1.92. The van der Waals surface area contributed by atoms with E-state index in [1.165, 1.54) is 0 Å². The van der Waals surface area contributed by atoms with Gasteiger partial charge in [0.2, 0.25) is 0 Å². The van der Waals surface area contributed by atoms with Crippen LogP contribution < -0.4 is 4.74 Å². The van der Waals surface area contributed by atoms with Crippen molar-refractivity contribution >= 4 is 50.1 Å². The third-order valence-electron chi connectivity index (χ3n) is 1.64. The molecule has 1 aliphatic rings. The Labute approximate surface area is 101 Å². The second-order valence-corrected chi connectivity index (χ2v) is 4.78. The van der Waals surface area contributed by atoms with Crippen molar-refractivity contribution in [1.82, 2.24) is 0 Å². The van der Waals surface area contributed by atoms with Gasteiger partial charge in [0.05, 0.1) is 17.9 Å². The summed E-state index contributed by atoms with van der Waals surface area (Å²) in [7, 11) is 0. The molecule has 1 aromatic carbocycles. The highest BCUT2D eigenvalue weighted by atomic mass is 127. The molecule has 1 aliphatic heterocycles. The zero-order chi connectivity index (χ0) is 10.5. The molecule has 2 rings (SSSR count). The molecule has 0 fully saturated rings. The molecule has 0 saturated carbocycles. The maximum atomic E-state index is 7.50.